The van der Waals surface area contributed by atoms with Crippen molar-refractivity contribution in [1.29, 1.82) is 0 Å². The number of alkyl halides is 2. The van der Waals surface area contributed by atoms with E-state index in [4.69, 9.17) is 14.2 Å². The molecular weight excluding hydrogens is 414 g/mol. The average Bonchev–Trinajstić information content (AvgIpc) is 2.60. The third kappa shape index (κ3) is 5.03. The summed E-state index contributed by atoms with van der Waals surface area (Å²) in [6.07, 6.45) is 3.00. The van der Waals surface area contributed by atoms with Crippen LogP contribution in [0.2, 0.25) is 0 Å². The minimum absolute atomic E-state index is 0.00543. The zero-order chi connectivity index (χ0) is 22.6. The van der Waals surface area contributed by atoms with Crippen molar-refractivity contribution in [3.8, 4) is 0 Å². The van der Waals surface area contributed by atoms with Gasteiger partial charge in [0.05, 0.1) is 24.7 Å². The second kappa shape index (κ2) is 7.92. The Morgan fingerprint density at radius 2 is 1.68 bits per heavy atom. The molecule has 1 N–H and O–H groups in total. The summed E-state index contributed by atoms with van der Waals surface area (Å²) in [5.74, 6) is -5.70. The lowest BCUT2D eigenvalue weighted by molar-refractivity contribution is -0.305. The Bertz CT molecular complexity index is 703. The number of aliphatic hydroxyl groups excluding tert-OH is 1. The van der Waals surface area contributed by atoms with Gasteiger partial charge in [-0.25, -0.2) is 4.79 Å². The molecule has 7 nitrogen and oxygen atoms in total. The van der Waals surface area contributed by atoms with Gasteiger partial charge in [0.1, 0.15) is 12.2 Å². The molecule has 0 amide bonds. The molecule has 1 saturated heterocycles. The van der Waals surface area contributed by atoms with Crippen LogP contribution in [0.25, 0.3) is 0 Å². The van der Waals surface area contributed by atoms with Gasteiger partial charge in [0.25, 0.3) is 0 Å². The third-order valence-corrected chi connectivity index (χ3v) is 7.08. The van der Waals surface area contributed by atoms with Gasteiger partial charge in [-0.3, -0.25) is 4.79 Å². The fourth-order valence-electron chi connectivity index (χ4n) is 6.26. The molecule has 0 radical (unpaired) electrons. The number of hydrogen-bond acceptors (Lipinski definition) is 7. The minimum atomic E-state index is -3.57. The summed E-state index contributed by atoms with van der Waals surface area (Å²) < 4.78 is 48.2. The molecule has 5 rings (SSSR count). The van der Waals surface area contributed by atoms with E-state index in [1.165, 1.54) is 0 Å². The molecule has 0 aromatic heterocycles. The lowest BCUT2D eigenvalue weighted by atomic mass is 9.53. The number of hydrogen-bond donors (Lipinski definition) is 1. The van der Waals surface area contributed by atoms with Gasteiger partial charge in [-0.1, -0.05) is 0 Å². The van der Waals surface area contributed by atoms with E-state index >= 15 is 0 Å². The summed E-state index contributed by atoms with van der Waals surface area (Å²) in [6.45, 7) is 3.46. The predicted octanol–water partition coefficient (Wildman–Crippen LogP) is 2.97. The number of esters is 2. The second-order valence-electron chi connectivity index (χ2n) is 10.4. The van der Waals surface area contributed by atoms with Crippen molar-refractivity contribution in [3.05, 3.63) is 0 Å². The molecule has 0 aromatic rings. The van der Waals surface area contributed by atoms with Crippen LogP contribution in [0.1, 0.15) is 65.7 Å². The Hall–Kier alpha value is -1.32. The molecule has 0 spiro atoms. The van der Waals surface area contributed by atoms with Crippen molar-refractivity contribution >= 4 is 11.9 Å². The van der Waals surface area contributed by atoms with Crippen molar-refractivity contribution < 1.29 is 42.4 Å². The number of ether oxygens (including phenoxy) is 4. The van der Waals surface area contributed by atoms with Crippen molar-refractivity contribution in [2.24, 2.45) is 17.8 Å². The van der Waals surface area contributed by atoms with Crippen molar-refractivity contribution in [3.63, 3.8) is 0 Å². The van der Waals surface area contributed by atoms with Crippen molar-refractivity contribution in [2.75, 3.05) is 6.61 Å². The van der Waals surface area contributed by atoms with Crippen LogP contribution >= 0.6 is 0 Å². The third-order valence-electron chi connectivity index (χ3n) is 7.08. The Balaban J connectivity index is 1.33. The van der Waals surface area contributed by atoms with Crippen LogP contribution in [0.5, 0.6) is 0 Å². The molecule has 1 aliphatic heterocycles. The minimum Gasteiger partial charge on any atom is -0.459 e. The van der Waals surface area contributed by atoms with Gasteiger partial charge in [-0.15, -0.1) is 0 Å². The second-order valence-corrected chi connectivity index (χ2v) is 10.4. The zero-order valence-corrected chi connectivity index (χ0v) is 18.3. The summed E-state index contributed by atoms with van der Waals surface area (Å²) in [6, 6.07) is 0. The number of carbonyl (C=O) groups is 2. The average molecular weight is 446 g/mol. The summed E-state index contributed by atoms with van der Waals surface area (Å²) in [5.41, 5.74) is -0.491. The van der Waals surface area contributed by atoms with Crippen LogP contribution in [0.3, 0.4) is 0 Å². The smallest absolute Gasteiger partial charge is 0.376 e. The van der Waals surface area contributed by atoms with Gasteiger partial charge in [0.15, 0.2) is 5.79 Å². The van der Waals surface area contributed by atoms with Crippen LogP contribution in [0.4, 0.5) is 8.78 Å². The first-order chi connectivity index (χ1) is 14.3. The molecule has 176 valence electrons. The van der Waals surface area contributed by atoms with Crippen molar-refractivity contribution in [2.45, 2.75) is 101 Å². The van der Waals surface area contributed by atoms with Gasteiger partial charge in [-0.2, -0.15) is 8.78 Å². The first-order valence-electron chi connectivity index (χ1n) is 11.1. The fraction of sp³-hybridized carbons (Fsp3) is 0.909. The topological polar surface area (TPSA) is 91.3 Å². The summed E-state index contributed by atoms with van der Waals surface area (Å²) in [7, 11) is 0. The maximum Gasteiger partial charge on any atom is 0.376 e. The molecular formula is C22H32F2O7. The van der Waals surface area contributed by atoms with E-state index in [1.54, 1.807) is 13.8 Å². The standard InChI is InChI=1S/C22H32F2O7/c1-20(2)29-15(6-16(30-20)11-28-19(27)21(3,23)24)7-17(25)31-22-8-12-4-13(9-22)18(26)14(5-12)10-22/h12-16,18,26H,4-11H2,1-3H3. The summed E-state index contributed by atoms with van der Waals surface area (Å²) in [4.78, 5) is 24.2. The quantitative estimate of drug-likeness (QED) is 0.627. The molecule has 5 fully saturated rings. The normalized spacial score (nSPS) is 41.1. The van der Waals surface area contributed by atoms with Crippen LogP contribution in [0.15, 0.2) is 0 Å². The van der Waals surface area contributed by atoms with Crippen LogP contribution < -0.4 is 0 Å². The number of rotatable bonds is 6. The lowest BCUT2D eigenvalue weighted by Gasteiger charge is -2.57. The molecule has 31 heavy (non-hydrogen) atoms. The summed E-state index contributed by atoms with van der Waals surface area (Å²) >= 11 is 0. The molecule has 9 heteroatoms. The highest BCUT2D eigenvalue weighted by Crippen LogP contribution is 2.57. The van der Waals surface area contributed by atoms with E-state index in [9.17, 15) is 23.5 Å². The van der Waals surface area contributed by atoms with Crippen LogP contribution in [-0.2, 0) is 28.5 Å². The molecule has 4 unspecified atom stereocenters. The molecule has 4 aliphatic carbocycles. The van der Waals surface area contributed by atoms with Gasteiger partial charge >= 0.3 is 17.9 Å². The van der Waals surface area contributed by atoms with E-state index in [2.05, 4.69) is 4.74 Å². The molecule has 1 heterocycles. The molecule has 5 aliphatic rings. The van der Waals surface area contributed by atoms with Gasteiger partial charge < -0.3 is 24.1 Å². The molecule has 0 aromatic carbocycles. The van der Waals surface area contributed by atoms with Crippen LogP contribution in [-0.4, -0.2) is 59.3 Å². The van der Waals surface area contributed by atoms with E-state index in [1.807, 2.05) is 0 Å². The number of aliphatic hydroxyl groups is 1. The van der Waals surface area contributed by atoms with Gasteiger partial charge in [-0.05, 0) is 63.7 Å². The fourth-order valence-corrected chi connectivity index (χ4v) is 6.26. The monoisotopic (exact) mass is 446 g/mol. The Morgan fingerprint density at radius 1 is 1.06 bits per heavy atom. The van der Waals surface area contributed by atoms with Gasteiger partial charge in [0.2, 0.25) is 0 Å². The number of carbonyl (C=O) groups excluding carboxylic acids is 2. The van der Waals surface area contributed by atoms with E-state index in [0.29, 0.717) is 25.7 Å². The SMILES string of the molecule is CC1(C)OC(COC(=O)C(C)(F)F)CC(CC(=O)OC23CC4CC(C2)C(O)C(C4)C3)O1. The first-order valence-corrected chi connectivity index (χ1v) is 11.1. The predicted molar refractivity (Wildman–Crippen MR) is 103 cm³/mol. The van der Waals surface area contributed by atoms with Gasteiger partial charge in [0, 0.05) is 13.3 Å². The summed E-state index contributed by atoms with van der Waals surface area (Å²) in [5, 5.41) is 10.4. The Morgan fingerprint density at radius 3 is 2.29 bits per heavy atom. The molecule has 4 bridgehead atoms. The Kier molecular flexibility index (Phi) is 5.84. The maximum atomic E-state index is 13.0. The largest absolute Gasteiger partial charge is 0.459 e. The van der Waals surface area contributed by atoms with E-state index < -0.39 is 35.5 Å². The number of halogens is 2. The molecule has 4 saturated carbocycles. The first kappa shape index (κ1) is 22.9. The molecule has 4 atom stereocenters. The van der Waals surface area contributed by atoms with Crippen molar-refractivity contribution in [1.82, 2.24) is 0 Å². The highest BCUT2D eigenvalue weighted by Gasteiger charge is 2.57. The van der Waals surface area contributed by atoms with Crippen LogP contribution in [0, 0.1) is 17.8 Å². The maximum absolute atomic E-state index is 13.0. The van der Waals surface area contributed by atoms with E-state index in [-0.39, 0.29) is 43.4 Å². The highest BCUT2D eigenvalue weighted by molar-refractivity contribution is 5.76. The van der Waals surface area contributed by atoms with E-state index in [0.717, 1.165) is 19.3 Å². The Labute approximate surface area is 180 Å². The zero-order valence-electron chi connectivity index (χ0n) is 18.3. The highest BCUT2D eigenvalue weighted by atomic mass is 19.3. The lowest BCUT2D eigenvalue weighted by Crippen LogP contribution is -2.58.